The van der Waals surface area contributed by atoms with Gasteiger partial charge in [-0.1, -0.05) is 35.9 Å². The Morgan fingerprint density at radius 1 is 1.04 bits per heavy atom. The molecule has 1 amide bonds. The highest BCUT2D eigenvalue weighted by atomic mass is 19.1. The molecular weight excluding hydrogens is 327 g/mol. The van der Waals surface area contributed by atoms with E-state index in [1.54, 1.807) is 6.07 Å². The van der Waals surface area contributed by atoms with Gasteiger partial charge in [-0.25, -0.2) is 4.39 Å². The predicted octanol–water partition coefficient (Wildman–Crippen LogP) is 4.20. The number of carbonyl (C=O) groups is 1. The molecule has 0 bridgehead atoms. The number of nitrogens with one attached hydrogen (secondary N) is 2. The Bertz CT molecular complexity index is 749. The predicted molar refractivity (Wildman–Crippen MR) is 103 cm³/mol. The van der Waals surface area contributed by atoms with Crippen LogP contribution < -0.4 is 10.6 Å². The third-order valence-corrected chi connectivity index (χ3v) is 5.39. The van der Waals surface area contributed by atoms with Crippen molar-refractivity contribution in [1.82, 2.24) is 10.6 Å². The summed E-state index contributed by atoms with van der Waals surface area (Å²) in [5.41, 5.74) is 3.73. The fraction of sp³-hybridized carbons (Fsp3) is 0.409. The summed E-state index contributed by atoms with van der Waals surface area (Å²) in [6.45, 7) is 2.27. The first kappa shape index (κ1) is 18.6. The second-order valence-corrected chi connectivity index (χ2v) is 7.23. The lowest BCUT2D eigenvalue weighted by atomic mass is 9.85. The minimum absolute atomic E-state index is 0.0414. The Balaban J connectivity index is 1.63. The number of halogens is 1. The van der Waals surface area contributed by atoms with E-state index in [0.29, 0.717) is 11.6 Å². The van der Waals surface area contributed by atoms with E-state index in [0.717, 1.165) is 36.8 Å². The average Bonchev–Trinajstić information content (AvgIpc) is 2.68. The minimum Gasteiger partial charge on any atom is -0.352 e. The standard InChI is InChI=1S/C22H27FN2O/c1-15-3-5-16(6-4-15)18-9-12-21(23)19(13-18)14-25-22(26)17-7-10-20(24-2)11-8-17/h3-6,9,12-13,17,20,24H,7-8,10-11,14H2,1-2H3,(H,25,26). The van der Waals surface area contributed by atoms with Crippen LogP contribution in [0.15, 0.2) is 42.5 Å². The van der Waals surface area contributed by atoms with Gasteiger partial charge in [-0.15, -0.1) is 0 Å². The highest BCUT2D eigenvalue weighted by Crippen LogP contribution is 2.25. The topological polar surface area (TPSA) is 41.1 Å². The molecule has 1 aliphatic rings. The summed E-state index contributed by atoms with van der Waals surface area (Å²) in [6.07, 6.45) is 3.82. The van der Waals surface area contributed by atoms with Crippen LogP contribution >= 0.6 is 0 Å². The van der Waals surface area contributed by atoms with Crippen molar-refractivity contribution in [2.24, 2.45) is 5.92 Å². The molecule has 0 aliphatic heterocycles. The molecule has 4 heteroatoms. The number of benzene rings is 2. The van der Waals surface area contributed by atoms with Crippen LogP contribution in [0, 0.1) is 18.7 Å². The lowest BCUT2D eigenvalue weighted by molar-refractivity contribution is -0.126. The average molecular weight is 354 g/mol. The van der Waals surface area contributed by atoms with Gasteiger partial charge in [-0.3, -0.25) is 4.79 Å². The van der Waals surface area contributed by atoms with E-state index >= 15 is 0 Å². The summed E-state index contributed by atoms with van der Waals surface area (Å²) in [4.78, 5) is 12.4. The zero-order chi connectivity index (χ0) is 18.5. The van der Waals surface area contributed by atoms with Crippen molar-refractivity contribution in [3.8, 4) is 11.1 Å². The van der Waals surface area contributed by atoms with Crippen molar-refractivity contribution in [2.45, 2.75) is 45.2 Å². The molecule has 2 N–H and O–H groups in total. The Morgan fingerprint density at radius 3 is 2.35 bits per heavy atom. The quantitative estimate of drug-likeness (QED) is 0.845. The third kappa shape index (κ3) is 4.50. The highest BCUT2D eigenvalue weighted by molar-refractivity contribution is 5.78. The highest BCUT2D eigenvalue weighted by Gasteiger charge is 2.25. The maximum Gasteiger partial charge on any atom is 0.223 e. The van der Waals surface area contributed by atoms with Gasteiger partial charge in [0.2, 0.25) is 5.91 Å². The SMILES string of the molecule is CNC1CCC(C(=O)NCc2cc(-c3ccc(C)cc3)ccc2F)CC1. The van der Waals surface area contributed by atoms with E-state index in [2.05, 4.69) is 10.6 Å². The number of aryl methyl sites for hydroxylation is 1. The Morgan fingerprint density at radius 2 is 1.69 bits per heavy atom. The van der Waals surface area contributed by atoms with Crippen molar-refractivity contribution in [2.75, 3.05) is 7.05 Å². The normalized spacial score (nSPS) is 20.0. The van der Waals surface area contributed by atoms with Crippen LogP contribution in [0.5, 0.6) is 0 Å². The van der Waals surface area contributed by atoms with Crippen LogP contribution in [0.25, 0.3) is 11.1 Å². The van der Waals surface area contributed by atoms with Crippen LogP contribution in [0.4, 0.5) is 4.39 Å². The van der Waals surface area contributed by atoms with Crippen molar-refractivity contribution in [1.29, 1.82) is 0 Å². The van der Waals surface area contributed by atoms with Crippen molar-refractivity contribution in [3.63, 3.8) is 0 Å². The Kier molecular flexibility index (Phi) is 6.04. The number of rotatable bonds is 5. The maximum atomic E-state index is 14.2. The summed E-state index contributed by atoms with van der Waals surface area (Å²) in [7, 11) is 1.97. The van der Waals surface area contributed by atoms with E-state index in [-0.39, 0.29) is 24.2 Å². The first-order valence-corrected chi connectivity index (χ1v) is 9.37. The molecule has 1 aliphatic carbocycles. The zero-order valence-electron chi connectivity index (χ0n) is 15.5. The van der Waals surface area contributed by atoms with E-state index in [1.807, 2.05) is 44.3 Å². The Hall–Kier alpha value is -2.20. The molecule has 0 saturated heterocycles. The van der Waals surface area contributed by atoms with Gasteiger partial charge in [-0.05, 0) is 62.9 Å². The molecule has 0 aromatic heterocycles. The van der Waals surface area contributed by atoms with Gasteiger partial charge in [0, 0.05) is 24.1 Å². The van der Waals surface area contributed by atoms with E-state index < -0.39 is 0 Å². The molecule has 1 saturated carbocycles. The van der Waals surface area contributed by atoms with Gasteiger partial charge < -0.3 is 10.6 Å². The lowest BCUT2D eigenvalue weighted by Crippen LogP contribution is -2.37. The van der Waals surface area contributed by atoms with Crippen LogP contribution in [0.2, 0.25) is 0 Å². The van der Waals surface area contributed by atoms with E-state index in [9.17, 15) is 9.18 Å². The van der Waals surface area contributed by atoms with Crippen LogP contribution in [0.1, 0.15) is 36.8 Å². The molecule has 2 aromatic rings. The van der Waals surface area contributed by atoms with Gasteiger partial charge in [0.05, 0.1) is 0 Å². The van der Waals surface area contributed by atoms with E-state index in [1.165, 1.54) is 11.6 Å². The first-order valence-electron chi connectivity index (χ1n) is 9.37. The monoisotopic (exact) mass is 354 g/mol. The van der Waals surface area contributed by atoms with Gasteiger partial charge in [0.25, 0.3) is 0 Å². The summed E-state index contributed by atoms with van der Waals surface area (Å²) < 4.78 is 14.2. The smallest absolute Gasteiger partial charge is 0.223 e. The molecule has 2 aromatic carbocycles. The number of amides is 1. The van der Waals surface area contributed by atoms with Gasteiger partial charge in [0.15, 0.2) is 0 Å². The summed E-state index contributed by atoms with van der Waals surface area (Å²) in [5.74, 6) is -0.192. The second-order valence-electron chi connectivity index (χ2n) is 7.23. The molecule has 0 atom stereocenters. The summed E-state index contributed by atoms with van der Waals surface area (Å²) in [5, 5.41) is 6.20. The molecule has 3 rings (SSSR count). The summed E-state index contributed by atoms with van der Waals surface area (Å²) in [6, 6.07) is 13.8. The second kappa shape index (κ2) is 8.45. The van der Waals surface area contributed by atoms with E-state index in [4.69, 9.17) is 0 Å². The molecule has 0 spiro atoms. The largest absolute Gasteiger partial charge is 0.352 e. The van der Waals surface area contributed by atoms with Crippen molar-refractivity contribution < 1.29 is 9.18 Å². The van der Waals surface area contributed by atoms with Crippen molar-refractivity contribution in [3.05, 3.63) is 59.4 Å². The van der Waals surface area contributed by atoms with Crippen LogP contribution in [-0.2, 0) is 11.3 Å². The molecule has 0 unspecified atom stereocenters. The fourth-order valence-corrected chi connectivity index (χ4v) is 3.61. The van der Waals surface area contributed by atoms with Gasteiger partial charge in [0.1, 0.15) is 5.82 Å². The van der Waals surface area contributed by atoms with Gasteiger partial charge >= 0.3 is 0 Å². The Labute approximate surface area is 155 Å². The maximum absolute atomic E-state index is 14.2. The van der Waals surface area contributed by atoms with Gasteiger partial charge in [-0.2, -0.15) is 0 Å². The molecule has 0 radical (unpaired) electrons. The molecule has 1 fully saturated rings. The minimum atomic E-state index is -0.278. The molecular formula is C22H27FN2O. The number of hydrogen-bond acceptors (Lipinski definition) is 2. The number of carbonyl (C=O) groups excluding carboxylic acids is 1. The molecule has 0 heterocycles. The molecule has 3 nitrogen and oxygen atoms in total. The van der Waals surface area contributed by atoms with Crippen LogP contribution in [0.3, 0.4) is 0 Å². The first-order chi connectivity index (χ1) is 12.6. The zero-order valence-corrected chi connectivity index (χ0v) is 15.5. The summed E-state index contributed by atoms with van der Waals surface area (Å²) >= 11 is 0. The number of hydrogen-bond donors (Lipinski definition) is 2. The van der Waals surface area contributed by atoms with Crippen molar-refractivity contribution >= 4 is 5.91 Å². The molecule has 138 valence electrons. The lowest BCUT2D eigenvalue weighted by Gasteiger charge is -2.27. The van der Waals surface area contributed by atoms with Crippen LogP contribution in [-0.4, -0.2) is 19.0 Å². The third-order valence-electron chi connectivity index (χ3n) is 5.39. The fourth-order valence-electron chi connectivity index (χ4n) is 3.61. The molecule has 26 heavy (non-hydrogen) atoms.